The van der Waals surface area contributed by atoms with Gasteiger partial charge in [0.15, 0.2) is 0 Å². The second kappa shape index (κ2) is 4.95. The Morgan fingerprint density at radius 3 is 3.25 bits per heavy atom. The molecule has 1 aromatic rings. The summed E-state index contributed by atoms with van der Waals surface area (Å²) in [5.41, 5.74) is 2.18. The molecule has 1 unspecified atom stereocenters. The highest BCUT2D eigenvalue weighted by Crippen LogP contribution is 2.19. The van der Waals surface area contributed by atoms with Crippen molar-refractivity contribution in [3.8, 4) is 6.07 Å². The molecule has 0 radical (unpaired) electrons. The maximum atomic E-state index is 9.00. The number of aromatic nitrogens is 1. The van der Waals surface area contributed by atoms with Crippen LogP contribution in [0.15, 0.2) is 18.5 Å². The van der Waals surface area contributed by atoms with Gasteiger partial charge in [0.05, 0.1) is 17.8 Å². The third-order valence-electron chi connectivity index (χ3n) is 2.98. The lowest BCUT2D eigenvalue weighted by Crippen LogP contribution is -2.27. The molecule has 0 aromatic carbocycles. The number of nitrogens with zero attached hydrogens (tertiary/aromatic N) is 3. The van der Waals surface area contributed by atoms with Gasteiger partial charge in [-0.25, -0.2) is 0 Å². The van der Waals surface area contributed by atoms with E-state index >= 15 is 0 Å². The monoisotopic (exact) mass is 216 g/mol. The topological polar surface area (TPSA) is 52.0 Å². The molecule has 1 atom stereocenters. The van der Waals surface area contributed by atoms with Crippen molar-refractivity contribution in [3.63, 3.8) is 0 Å². The highest BCUT2D eigenvalue weighted by Gasteiger charge is 2.23. The van der Waals surface area contributed by atoms with Crippen LogP contribution in [0.2, 0.25) is 0 Å². The van der Waals surface area contributed by atoms with Crippen LogP contribution >= 0.6 is 0 Å². The average Bonchev–Trinajstić information content (AvgIpc) is 2.76. The largest absolute Gasteiger partial charge is 0.387 e. The zero-order valence-electron chi connectivity index (χ0n) is 9.48. The van der Waals surface area contributed by atoms with Gasteiger partial charge in [0, 0.05) is 26.0 Å². The van der Waals surface area contributed by atoms with E-state index in [0.717, 1.165) is 37.2 Å². The number of rotatable bonds is 3. The molecule has 4 heteroatoms. The molecule has 4 nitrogen and oxygen atoms in total. The molecular weight excluding hydrogens is 200 g/mol. The number of nitrogens with one attached hydrogen (secondary N) is 1. The minimum absolute atomic E-state index is 0.0817. The van der Waals surface area contributed by atoms with Crippen molar-refractivity contribution in [2.75, 3.05) is 18.9 Å². The van der Waals surface area contributed by atoms with E-state index in [-0.39, 0.29) is 6.04 Å². The van der Waals surface area contributed by atoms with Crippen LogP contribution in [0.25, 0.3) is 0 Å². The highest BCUT2D eigenvalue weighted by atomic mass is 15.2. The number of likely N-dealkylation sites (tertiary alicyclic amines) is 1. The Morgan fingerprint density at radius 1 is 1.62 bits per heavy atom. The Hall–Kier alpha value is -1.60. The van der Waals surface area contributed by atoms with E-state index < -0.39 is 0 Å². The number of hydrogen-bond acceptors (Lipinski definition) is 4. The summed E-state index contributed by atoms with van der Waals surface area (Å²) in [6, 6.07) is 4.52. The van der Waals surface area contributed by atoms with E-state index in [9.17, 15) is 0 Å². The second-order valence-electron chi connectivity index (χ2n) is 4.09. The lowest BCUT2D eigenvalue weighted by molar-refractivity contribution is 0.286. The van der Waals surface area contributed by atoms with E-state index in [1.165, 1.54) is 0 Å². The van der Waals surface area contributed by atoms with E-state index in [2.05, 4.69) is 27.3 Å². The van der Waals surface area contributed by atoms with Crippen LogP contribution in [0.4, 0.5) is 5.69 Å². The molecule has 0 bridgehead atoms. The van der Waals surface area contributed by atoms with Crippen molar-refractivity contribution < 1.29 is 0 Å². The minimum Gasteiger partial charge on any atom is -0.387 e. The summed E-state index contributed by atoms with van der Waals surface area (Å²) >= 11 is 0. The first-order valence-electron chi connectivity index (χ1n) is 5.59. The molecule has 0 saturated carbocycles. The fourth-order valence-electron chi connectivity index (χ4n) is 2.11. The Bertz CT molecular complexity index is 396. The van der Waals surface area contributed by atoms with Crippen LogP contribution in [0.5, 0.6) is 0 Å². The quantitative estimate of drug-likeness (QED) is 0.834. The molecule has 1 saturated heterocycles. The molecule has 1 aliphatic heterocycles. The van der Waals surface area contributed by atoms with Crippen LogP contribution in [0.3, 0.4) is 0 Å². The summed E-state index contributed by atoms with van der Waals surface area (Å²) in [4.78, 5) is 6.40. The van der Waals surface area contributed by atoms with Gasteiger partial charge in [0.2, 0.25) is 0 Å². The lowest BCUT2D eigenvalue weighted by Gasteiger charge is -2.18. The molecule has 0 spiro atoms. The Labute approximate surface area is 95.9 Å². The maximum Gasteiger partial charge on any atom is 0.0981 e. The van der Waals surface area contributed by atoms with E-state index in [4.69, 9.17) is 5.26 Å². The number of pyridine rings is 1. The maximum absolute atomic E-state index is 9.00. The predicted octanol–water partition coefficient (Wildman–Crippen LogP) is 1.61. The molecule has 16 heavy (non-hydrogen) atoms. The molecule has 0 aliphatic carbocycles. The van der Waals surface area contributed by atoms with Gasteiger partial charge in [-0.2, -0.15) is 5.26 Å². The third-order valence-corrected chi connectivity index (χ3v) is 2.98. The van der Waals surface area contributed by atoms with Crippen molar-refractivity contribution in [1.29, 1.82) is 5.26 Å². The molecule has 84 valence electrons. The summed E-state index contributed by atoms with van der Waals surface area (Å²) in [5.74, 6) is 0. The summed E-state index contributed by atoms with van der Waals surface area (Å²) < 4.78 is 0. The summed E-state index contributed by atoms with van der Waals surface area (Å²) in [6.07, 6.45) is 5.79. The highest BCUT2D eigenvalue weighted by molar-refractivity contribution is 5.41. The second-order valence-corrected chi connectivity index (χ2v) is 4.09. The average molecular weight is 216 g/mol. The number of nitriles is 1. The zero-order chi connectivity index (χ0) is 11.4. The van der Waals surface area contributed by atoms with Gasteiger partial charge >= 0.3 is 0 Å². The van der Waals surface area contributed by atoms with E-state index in [0.29, 0.717) is 0 Å². The minimum atomic E-state index is 0.0817. The molecule has 1 aliphatic rings. The van der Waals surface area contributed by atoms with Crippen LogP contribution in [0, 0.1) is 11.3 Å². The first-order chi connectivity index (χ1) is 7.83. The van der Waals surface area contributed by atoms with Crippen LogP contribution < -0.4 is 5.32 Å². The lowest BCUT2D eigenvalue weighted by atomic mass is 10.2. The first-order valence-corrected chi connectivity index (χ1v) is 5.59. The summed E-state index contributed by atoms with van der Waals surface area (Å²) in [7, 11) is 1.88. The van der Waals surface area contributed by atoms with Crippen molar-refractivity contribution in [1.82, 2.24) is 9.88 Å². The molecule has 2 rings (SSSR count). The van der Waals surface area contributed by atoms with Gasteiger partial charge in [0.25, 0.3) is 0 Å². The van der Waals surface area contributed by atoms with Gasteiger partial charge in [-0.3, -0.25) is 9.88 Å². The molecular formula is C12H16N4. The van der Waals surface area contributed by atoms with Crippen molar-refractivity contribution >= 4 is 5.69 Å². The van der Waals surface area contributed by atoms with Gasteiger partial charge in [-0.05, 0) is 31.0 Å². The van der Waals surface area contributed by atoms with Gasteiger partial charge in [-0.1, -0.05) is 0 Å². The van der Waals surface area contributed by atoms with Crippen molar-refractivity contribution in [2.24, 2.45) is 0 Å². The predicted molar refractivity (Wildman–Crippen MR) is 62.8 cm³/mol. The standard InChI is InChI=1S/C12H16N4/c1-14-11-5-10(7-15-8-11)9-16-4-2-3-12(16)6-13/h5,7-8,12,14H,2-4,9H2,1H3. The van der Waals surface area contributed by atoms with Gasteiger partial charge in [-0.15, -0.1) is 0 Å². The summed E-state index contributed by atoms with van der Waals surface area (Å²) in [5, 5.41) is 12.1. The molecule has 2 heterocycles. The Morgan fingerprint density at radius 2 is 2.50 bits per heavy atom. The van der Waals surface area contributed by atoms with Crippen molar-refractivity contribution in [2.45, 2.75) is 25.4 Å². The van der Waals surface area contributed by atoms with Gasteiger partial charge < -0.3 is 5.32 Å². The molecule has 1 fully saturated rings. The fraction of sp³-hybridized carbons (Fsp3) is 0.500. The third kappa shape index (κ3) is 2.31. The number of anilines is 1. The zero-order valence-corrected chi connectivity index (χ0v) is 9.48. The van der Waals surface area contributed by atoms with Crippen LogP contribution in [0.1, 0.15) is 18.4 Å². The van der Waals surface area contributed by atoms with Crippen LogP contribution in [-0.4, -0.2) is 29.5 Å². The van der Waals surface area contributed by atoms with Crippen LogP contribution in [-0.2, 0) is 6.54 Å². The van der Waals surface area contributed by atoms with Crippen molar-refractivity contribution in [3.05, 3.63) is 24.0 Å². The Balaban J connectivity index is 2.06. The smallest absolute Gasteiger partial charge is 0.0981 e. The summed E-state index contributed by atoms with van der Waals surface area (Å²) in [6.45, 7) is 1.84. The SMILES string of the molecule is CNc1cncc(CN2CCCC2C#N)c1. The number of hydrogen-bond donors (Lipinski definition) is 1. The Kier molecular flexibility index (Phi) is 3.37. The normalized spacial score (nSPS) is 20.6. The van der Waals surface area contributed by atoms with E-state index in [1.54, 1.807) is 6.20 Å². The molecule has 0 amide bonds. The molecule has 1 N–H and O–H groups in total. The first kappa shape index (κ1) is 10.9. The molecule has 1 aromatic heterocycles. The van der Waals surface area contributed by atoms with Gasteiger partial charge in [0.1, 0.15) is 0 Å². The fourth-order valence-corrected chi connectivity index (χ4v) is 2.11. The van der Waals surface area contributed by atoms with E-state index in [1.807, 2.05) is 13.2 Å².